The van der Waals surface area contributed by atoms with Gasteiger partial charge in [0.05, 0.1) is 5.56 Å². The van der Waals surface area contributed by atoms with Crippen molar-refractivity contribution in [3.8, 4) is 0 Å². The predicted molar refractivity (Wildman–Crippen MR) is 73.4 cm³/mol. The van der Waals surface area contributed by atoms with Crippen molar-refractivity contribution < 1.29 is 9.59 Å². The van der Waals surface area contributed by atoms with Crippen LogP contribution in [-0.2, 0) is 0 Å². The van der Waals surface area contributed by atoms with E-state index in [0.29, 0.717) is 16.8 Å². The highest BCUT2D eigenvalue weighted by atomic mass is 16.1. The fourth-order valence-corrected chi connectivity index (χ4v) is 1.62. The fraction of sp³-hybridized carbons (Fsp3) is 0.133. The van der Waals surface area contributed by atoms with Gasteiger partial charge in [-0.3, -0.25) is 14.6 Å². The summed E-state index contributed by atoms with van der Waals surface area (Å²) in [4.78, 5) is 27.3. The number of ketones is 1. The topological polar surface area (TPSA) is 59.1 Å². The van der Waals surface area contributed by atoms with Gasteiger partial charge in [-0.15, -0.1) is 0 Å². The molecule has 4 heteroatoms. The Bertz CT molecular complexity index is 618. The van der Waals surface area contributed by atoms with Gasteiger partial charge >= 0.3 is 0 Å². The van der Waals surface area contributed by atoms with Crippen LogP contribution in [0.2, 0.25) is 0 Å². The van der Waals surface area contributed by atoms with E-state index in [2.05, 4.69) is 10.3 Å². The maximum atomic E-state index is 12.0. The van der Waals surface area contributed by atoms with Crippen molar-refractivity contribution in [2.45, 2.75) is 13.8 Å². The molecule has 0 fully saturated rings. The van der Waals surface area contributed by atoms with Crippen molar-refractivity contribution in [2.75, 3.05) is 5.32 Å². The van der Waals surface area contributed by atoms with E-state index in [1.54, 1.807) is 36.4 Å². The molecule has 2 rings (SSSR count). The lowest BCUT2D eigenvalue weighted by Crippen LogP contribution is -2.12. The minimum absolute atomic E-state index is 0.0342. The number of nitrogens with zero attached hydrogens (tertiary/aromatic N) is 1. The molecule has 0 aliphatic heterocycles. The van der Waals surface area contributed by atoms with Crippen molar-refractivity contribution in [1.29, 1.82) is 0 Å². The van der Waals surface area contributed by atoms with E-state index >= 15 is 0 Å². The Morgan fingerprint density at radius 3 is 2.53 bits per heavy atom. The average Bonchev–Trinajstić information content (AvgIpc) is 2.39. The van der Waals surface area contributed by atoms with E-state index in [0.717, 1.165) is 5.69 Å². The summed E-state index contributed by atoms with van der Waals surface area (Å²) in [5.74, 6) is -0.277. The lowest BCUT2D eigenvalue weighted by molar-refractivity contribution is 0.101. The zero-order chi connectivity index (χ0) is 13.8. The van der Waals surface area contributed by atoms with Crippen LogP contribution in [0.25, 0.3) is 0 Å². The highest BCUT2D eigenvalue weighted by Crippen LogP contribution is 2.12. The van der Waals surface area contributed by atoms with Crippen LogP contribution >= 0.6 is 0 Å². The summed E-state index contributed by atoms with van der Waals surface area (Å²) < 4.78 is 0. The van der Waals surface area contributed by atoms with Gasteiger partial charge in [0.2, 0.25) is 0 Å². The van der Waals surface area contributed by atoms with E-state index in [1.165, 1.54) is 13.1 Å². The van der Waals surface area contributed by atoms with Gasteiger partial charge < -0.3 is 5.32 Å². The Labute approximate surface area is 111 Å². The first-order chi connectivity index (χ1) is 9.06. The quantitative estimate of drug-likeness (QED) is 0.857. The Morgan fingerprint density at radius 2 is 1.89 bits per heavy atom. The van der Waals surface area contributed by atoms with E-state index in [1.807, 2.05) is 6.92 Å². The third-order valence-electron chi connectivity index (χ3n) is 2.70. The standard InChI is InChI=1S/C15H14N2O2/c1-10-6-7-13(9-16-10)15(19)17-14-5-3-4-12(8-14)11(2)18/h3-9H,1-2H3,(H,17,19). The predicted octanol–water partition coefficient (Wildman–Crippen LogP) is 2.84. The number of amides is 1. The Morgan fingerprint density at radius 1 is 1.11 bits per heavy atom. The lowest BCUT2D eigenvalue weighted by atomic mass is 10.1. The number of carbonyl (C=O) groups excluding carboxylic acids is 2. The van der Waals surface area contributed by atoms with Crippen LogP contribution in [0.15, 0.2) is 42.6 Å². The van der Waals surface area contributed by atoms with Crippen molar-refractivity contribution in [1.82, 2.24) is 4.98 Å². The molecule has 1 aromatic heterocycles. The number of hydrogen-bond donors (Lipinski definition) is 1. The van der Waals surface area contributed by atoms with Gasteiger partial charge in [-0.1, -0.05) is 12.1 Å². The number of nitrogens with one attached hydrogen (secondary N) is 1. The van der Waals surface area contributed by atoms with Crippen LogP contribution in [0.5, 0.6) is 0 Å². The normalized spacial score (nSPS) is 10.0. The summed E-state index contributed by atoms with van der Waals surface area (Å²) in [7, 11) is 0. The van der Waals surface area contributed by atoms with Crippen molar-refractivity contribution >= 4 is 17.4 Å². The molecule has 1 aromatic carbocycles. The molecular formula is C15H14N2O2. The molecule has 0 radical (unpaired) electrons. The van der Waals surface area contributed by atoms with E-state index in [-0.39, 0.29) is 11.7 Å². The van der Waals surface area contributed by atoms with E-state index < -0.39 is 0 Å². The number of Topliss-reactive ketones (excluding diaryl/α,β-unsaturated/α-hetero) is 1. The molecule has 0 atom stereocenters. The largest absolute Gasteiger partial charge is 0.322 e. The summed E-state index contributed by atoms with van der Waals surface area (Å²) in [5, 5.41) is 2.74. The second-order valence-electron chi connectivity index (χ2n) is 4.28. The van der Waals surface area contributed by atoms with E-state index in [4.69, 9.17) is 0 Å². The number of aryl methyl sites for hydroxylation is 1. The molecule has 1 amide bonds. The van der Waals surface area contributed by atoms with Crippen LogP contribution in [0.4, 0.5) is 5.69 Å². The summed E-state index contributed by atoms with van der Waals surface area (Å²) in [5.41, 5.74) is 2.51. The van der Waals surface area contributed by atoms with Gasteiger partial charge in [-0.05, 0) is 38.1 Å². The van der Waals surface area contributed by atoms with Crippen molar-refractivity contribution in [3.05, 3.63) is 59.4 Å². The lowest BCUT2D eigenvalue weighted by Gasteiger charge is -2.06. The molecule has 0 saturated heterocycles. The van der Waals surface area contributed by atoms with Crippen LogP contribution in [0.3, 0.4) is 0 Å². The summed E-state index contributed by atoms with van der Waals surface area (Å²) in [6.45, 7) is 3.35. The zero-order valence-electron chi connectivity index (χ0n) is 10.8. The summed E-state index contributed by atoms with van der Waals surface area (Å²) in [6, 6.07) is 10.3. The fourth-order valence-electron chi connectivity index (χ4n) is 1.62. The number of rotatable bonds is 3. The molecule has 0 bridgehead atoms. The second kappa shape index (κ2) is 5.44. The number of anilines is 1. The molecular weight excluding hydrogens is 240 g/mol. The van der Waals surface area contributed by atoms with Crippen LogP contribution in [-0.4, -0.2) is 16.7 Å². The smallest absolute Gasteiger partial charge is 0.257 e. The molecule has 0 unspecified atom stereocenters. The van der Waals surface area contributed by atoms with Gasteiger partial charge in [-0.2, -0.15) is 0 Å². The first kappa shape index (κ1) is 13.0. The average molecular weight is 254 g/mol. The number of hydrogen-bond acceptors (Lipinski definition) is 3. The molecule has 0 aliphatic carbocycles. The number of benzene rings is 1. The molecule has 0 aliphatic rings. The molecule has 1 heterocycles. The van der Waals surface area contributed by atoms with Gasteiger partial charge in [-0.25, -0.2) is 0 Å². The maximum Gasteiger partial charge on any atom is 0.257 e. The SMILES string of the molecule is CC(=O)c1cccc(NC(=O)c2ccc(C)nc2)c1. The molecule has 2 aromatic rings. The van der Waals surface area contributed by atoms with Gasteiger partial charge in [0.25, 0.3) is 5.91 Å². The Balaban J connectivity index is 2.17. The van der Waals surface area contributed by atoms with Crippen molar-refractivity contribution in [3.63, 3.8) is 0 Å². The molecule has 1 N–H and O–H groups in total. The third-order valence-corrected chi connectivity index (χ3v) is 2.70. The van der Waals surface area contributed by atoms with Crippen LogP contribution < -0.4 is 5.32 Å². The number of pyridine rings is 1. The summed E-state index contributed by atoms with van der Waals surface area (Å²) >= 11 is 0. The molecule has 96 valence electrons. The van der Waals surface area contributed by atoms with Crippen LogP contribution in [0.1, 0.15) is 33.3 Å². The van der Waals surface area contributed by atoms with E-state index in [9.17, 15) is 9.59 Å². The first-order valence-corrected chi connectivity index (χ1v) is 5.91. The maximum absolute atomic E-state index is 12.0. The molecule has 4 nitrogen and oxygen atoms in total. The first-order valence-electron chi connectivity index (χ1n) is 5.91. The summed E-state index contributed by atoms with van der Waals surface area (Å²) in [6.07, 6.45) is 1.53. The molecule has 19 heavy (non-hydrogen) atoms. The van der Waals surface area contributed by atoms with Gasteiger partial charge in [0.1, 0.15) is 0 Å². The molecule has 0 saturated carbocycles. The number of carbonyl (C=O) groups is 2. The van der Waals surface area contributed by atoms with Crippen LogP contribution in [0, 0.1) is 6.92 Å². The van der Waals surface area contributed by atoms with Gasteiger partial charge in [0, 0.05) is 23.1 Å². The third kappa shape index (κ3) is 3.25. The number of aromatic nitrogens is 1. The second-order valence-corrected chi connectivity index (χ2v) is 4.28. The monoisotopic (exact) mass is 254 g/mol. The highest BCUT2D eigenvalue weighted by Gasteiger charge is 2.07. The highest BCUT2D eigenvalue weighted by molar-refractivity contribution is 6.04. The minimum atomic E-state index is -0.242. The van der Waals surface area contributed by atoms with Crippen molar-refractivity contribution in [2.24, 2.45) is 0 Å². The van der Waals surface area contributed by atoms with Gasteiger partial charge in [0.15, 0.2) is 5.78 Å². The zero-order valence-corrected chi connectivity index (χ0v) is 10.8. The Hall–Kier alpha value is -2.49. The molecule has 0 spiro atoms. The Kier molecular flexibility index (Phi) is 3.71. The minimum Gasteiger partial charge on any atom is -0.322 e.